The van der Waals surface area contributed by atoms with Crippen molar-refractivity contribution in [2.45, 2.75) is 12.8 Å². The summed E-state index contributed by atoms with van der Waals surface area (Å²) in [5.41, 5.74) is 1.40. The molecule has 1 atom stereocenters. The summed E-state index contributed by atoms with van der Waals surface area (Å²) in [5, 5.41) is 0. The Balaban J connectivity index is 1.53. The molecule has 2 aromatic rings. The lowest BCUT2D eigenvalue weighted by atomic mass is 10.1. The molecule has 0 radical (unpaired) electrons. The molecule has 1 saturated heterocycles. The first-order valence-corrected chi connectivity index (χ1v) is 8.00. The molecule has 0 saturated carbocycles. The smallest absolute Gasteiger partial charge is 0.128 e. The summed E-state index contributed by atoms with van der Waals surface area (Å²) in [6.45, 7) is 4.78. The van der Waals surface area contributed by atoms with E-state index >= 15 is 0 Å². The second-order valence-corrected chi connectivity index (χ2v) is 5.85. The van der Waals surface area contributed by atoms with Crippen LogP contribution in [0.3, 0.4) is 0 Å². The molecular formula is C18H23N3O. The van der Waals surface area contributed by atoms with E-state index in [4.69, 9.17) is 4.74 Å². The predicted octanol–water partition coefficient (Wildman–Crippen LogP) is 2.21. The number of aromatic nitrogens is 2. The minimum atomic E-state index is 0.473. The molecule has 1 aromatic carbocycles. The van der Waals surface area contributed by atoms with Crippen LogP contribution >= 0.6 is 0 Å². The molecule has 1 aliphatic heterocycles. The molecule has 1 fully saturated rings. The summed E-state index contributed by atoms with van der Waals surface area (Å²) in [5.74, 6) is 1.39. The van der Waals surface area contributed by atoms with Crippen LogP contribution in [0.4, 0.5) is 0 Å². The van der Waals surface area contributed by atoms with Gasteiger partial charge in [0.2, 0.25) is 0 Å². The van der Waals surface area contributed by atoms with E-state index < -0.39 is 0 Å². The van der Waals surface area contributed by atoms with Crippen molar-refractivity contribution < 1.29 is 4.74 Å². The Morgan fingerprint density at radius 2 is 1.91 bits per heavy atom. The average molecular weight is 297 g/mol. The largest absolute Gasteiger partial charge is 0.380 e. The first-order valence-electron chi connectivity index (χ1n) is 8.00. The molecule has 1 aliphatic rings. The first kappa shape index (κ1) is 15.1. The maximum atomic E-state index is 5.76. The van der Waals surface area contributed by atoms with E-state index in [0.29, 0.717) is 5.92 Å². The topological polar surface area (TPSA) is 38.2 Å². The Labute approximate surface area is 132 Å². The van der Waals surface area contributed by atoms with Gasteiger partial charge in [0, 0.05) is 44.4 Å². The first-order chi connectivity index (χ1) is 10.9. The van der Waals surface area contributed by atoms with E-state index in [-0.39, 0.29) is 0 Å². The van der Waals surface area contributed by atoms with Crippen molar-refractivity contribution in [1.82, 2.24) is 14.9 Å². The lowest BCUT2D eigenvalue weighted by Crippen LogP contribution is -2.32. The van der Waals surface area contributed by atoms with Gasteiger partial charge in [-0.25, -0.2) is 9.97 Å². The fraction of sp³-hybridized carbons (Fsp3) is 0.444. The molecule has 22 heavy (non-hydrogen) atoms. The fourth-order valence-corrected chi connectivity index (χ4v) is 2.90. The van der Waals surface area contributed by atoms with E-state index in [9.17, 15) is 0 Å². The number of benzene rings is 1. The van der Waals surface area contributed by atoms with Crippen LogP contribution in [0.25, 0.3) is 0 Å². The van der Waals surface area contributed by atoms with Gasteiger partial charge in [0.25, 0.3) is 0 Å². The summed E-state index contributed by atoms with van der Waals surface area (Å²) in [4.78, 5) is 11.2. The van der Waals surface area contributed by atoms with Gasteiger partial charge in [-0.3, -0.25) is 0 Å². The van der Waals surface area contributed by atoms with Crippen molar-refractivity contribution in [3.05, 3.63) is 60.2 Å². The van der Waals surface area contributed by atoms with Crippen LogP contribution < -0.4 is 0 Å². The lowest BCUT2D eigenvalue weighted by Gasteiger charge is -2.23. The van der Waals surface area contributed by atoms with Gasteiger partial charge in [0.05, 0.1) is 13.2 Å². The molecule has 3 rings (SSSR count). The normalized spacial score (nSPS) is 19.7. The highest BCUT2D eigenvalue weighted by Gasteiger charge is 2.19. The Bertz CT molecular complexity index is 547. The van der Waals surface area contributed by atoms with Crippen LogP contribution in [0.1, 0.15) is 11.4 Å². The molecular weight excluding hydrogens is 274 g/mol. The Morgan fingerprint density at radius 1 is 1.09 bits per heavy atom. The van der Waals surface area contributed by atoms with Gasteiger partial charge in [-0.1, -0.05) is 30.3 Å². The van der Waals surface area contributed by atoms with Crippen molar-refractivity contribution in [3.63, 3.8) is 0 Å². The number of hydrogen-bond acceptors (Lipinski definition) is 4. The third kappa shape index (κ3) is 4.61. The third-order valence-corrected chi connectivity index (χ3v) is 4.07. The minimum Gasteiger partial charge on any atom is -0.380 e. The fourth-order valence-electron chi connectivity index (χ4n) is 2.90. The highest BCUT2D eigenvalue weighted by molar-refractivity contribution is 5.14. The van der Waals surface area contributed by atoms with Crippen LogP contribution in [-0.4, -0.2) is 47.7 Å². The Kier molecular flexibility index (Phi) is 5.51. The highest BCUT2D eigenvalue weighted by Crippen LogP contribution is 2.12. The number of nitrogens with zero attached hydrogens (tertiary/aromatic N) is 3. The standard InChI is InChI=1S/C18H23N3O/c1-2-5-16(6-3-1)7-10-21-11-12-22-15-17(14-21)13-18-19-8-4-9-20-18/h1-6,8-9,17H,7,10-15H2/t17-/m1/s1. The Hall–Kier alpha value is -1.78. The molecule has 0 spiro atoms. The van der Waals surface area contributed by atoms with E-state index in [2.05, 4.69) is 45.2 Å². The lowest BCUT2D eigenvalue weighted by molar-refractivity contribution is 0.121. The molecule has 0 aliphatic carbocycles. The molecule has 2 heterocycles. The summed E-state index contributed by atoms with van der Waals surface area (Å²) >= 11 is 0. The van der Waals surface area contributed by atoms with Gasteiger partial charge in [-0.15, -0.1) is 0 Å². The summed E-state index contributed by atoms with van der Waals surface area (Å²) in [6, 6.07) is 12.5. The predicted molar refractivity (Wildman–Crippen MR) is 86.6 cm³/mol. The Morgan fingerprint density at radius 3 is 2.73 bits per heavy atom. The molecule has 4 nitrogen and oxygen atoms in total. The third-order valence-electron chi connectivity index (χ3n) is 4.07. The summed E-state index contributed by atoms with van der Waals surface area (Å²) in [6.07, 6.45) is 5.61. The van der Waals surface area contributed by atoms with Crippen molar-refractivity contribution >= 4 is 0 Å². The van der Waals surface area contributed by atoms with Gasteiger partial charge >= 0.3 is 0 Å². The van der Waals surface area contributed by atoms with E-state index in [1.54, 1.807) is 0 Å². The molecule has 0 N–H and O–H groups in total. The van der Waals surface area contributed by atoms with Gasteiger partial charge in [-0.2, -0.15) is 0 Å². The maximum Gasteiger partial charge on any atom is 0.128 e. The zero-order valence-electron chi connectivity index (χ0n) is 12.9. The molecule has 0 amide bonds. The zero-order valence-corrected chi connectivity index (χ0v) is 12.9. The second kappa shape index (κ2) is 8.01. The second-order valence-electron chi connectivity index (χ2n) is 5.85. The molecule has 4 heteroatoms. The van der Waals surface area contributed by atoms with E-state index in [0.717, 1.165) is 51.5 Å². The van der Waals surface area contributed by atoms with Crippen LogP contribution in [-0.2, 0) is 17.6 Å². The molecule has 0 bridgehead atoms. The molecule has 1 aromatic heterocycles. The van der Waals surface area contributed by atoms with Crippen molar-refractivity contribution in [1.29, 1.82) is 0 Å². The van der Waals surface area contributed by atoms with Crippen molar-refractivity contribution in [2.75, 3.05) is 32.8 Å². The number of rotatable bonds is 5. The van der Waals surface area contributed by atoms with Crippen LogP contribution in [0, 0.1) is 5.92 Å². The van der Waals surface area contributed by atoms with E-state index in [1.165, 1.54) is 5.56 Å². The number of hydrogen-bond donors (Lipinski definition) is 0. The van der Waals surface area contributed by atoms with Crippen molar-refractivity contribution in [3.8, 4) is 0 Å². The van der Waals surface area contributed by atoms with Crippen LogP contribution in [0.5, 0.6) is 0 Å². The molecule has 116 valence electrons. The van der Waals surface area contributed by atoms with E-state index in [1.807, 2.05) is 18.5 Å². The van der Waals surface area contributed by atoms with Gasteiger partial charge in [0.1, 0.15) is 5.82 Å². The quantitative estimate of drug-likeness (QED) is 0.848. The maximum absolute atomic E-state index is 5.76. The van der Waals surface area contributed by atoms with Gasteiger partial charge < -0.3 is 9.64 Å². The minimum absolute atomic E-state index is 0.473. The SMILES string of the molecule is c1ccc(CCN2CCOC[C@H](Cc3ncccn3)C2)cc1. The number of ether oxygens (including phenoxy) is 1. The molecule has 0 unspecified atom stereocenters. The van der Waals surface area contributed by atoms with Crippen LogP contribution in [0.15, 0.2) is 48.8 Å². The van der Waals surface area contributed by atoms with Crippen molar-refractivity contribution in [2.24, 2.45) is 5.92 Å². The van der Waals surface area contributed by atoms with Gasteiger partial charge in [0.15, 0.2) is 0 Å². The van der Waals surface area contributed by atoms with Crippen LogP contribution in [0.2, 0.25) is 0 Å². The highest BCUT2D eigenvalue weighted by atomic mass is 16.5. The average Bonchev–Trinajstić information content (AvgIpc) is 2.80. The zero-order chi connectivity index (χ0) is 15.0. The summed E-state index contributed by atoms with van der Waals surface area (Å²) < 4.78 is 5.76. The monoisotopic (exact) mass is 297 g/mol. The van der Waals surface area contributed by atoms with Gasteiger partial charge in [-0.05, 0) is 18.1 Å². The summed E-state index contributed by atoms with van der Waals surface area (Å²) in [7, 11) is 0.